The quantitative estimate of drug-likeness (QED) is 0.779. The molecule has 3 aromatic rings. The van der Waals surface area contributed by atoms with E-state index in [0.717, 1.165) is 11.0 Å². The molecule has 0 radical (unpaired) electrons. The summed E-state index contributed by atoms with van der Waals surface area (Å²) in [5.74, 6) is -0.197. The number of hydrogen-bond acceptors (Lipinski definition) is 2. The molecule has 98 valence electrons. The van der Waals surface area contributed by atoms with Gasteiger partial charge in [-0.1, -0.05) is 11.6 Å². The van der Waals surface area contributed by atoms with E-state index in [1.54, 1.807) is 23.7 Å². The molecule has 1 N–H and O–H groups in total. The van der Waals surface area contributed by atoms with E-state index in [1.165, 1.54) is 0 Å². The first kappa shape index (κ1) is 12.5. The summed E-state index contributed by atoms with van der Waals surface area (Å²) < 4.78 is 4.35. The molecule has 0 fully saturated rings. The minimum absolute atomic E-state index is 0.0600. The summed E-state index contributed by atoms with van der Waals surface area (Å²) in [5.41, 5.74) is 2.34. The molecule has 2 heterocycles. The number of carboxylic acid groups (broad SMARTS) is 1. The van der Waals surface area contributed by atoms with Gasteiger partial charge in [0.25, 0.3) is 0 Å². The van der Waals surface area contributed by atoms with E-state index < -0.39 is 5.97 Å². The van der Waals surface area contributed by atoms with Gasteiger partial charge >= 0.3 is 5.97 Å². The lowest BCUT2D eigenvalue weighted by Gasteiger charge is -1.99. The molecule has 19 heavy (non-hydrogen) atoms. The topological polar surface area (TPSA) is 59.5 Å². The zero-order chi connectivity index (χ0) is 13.7. The molecule has 0 aliphatic rings. The number of imidazole rings is 2. The summed E-state index contributed by atoms with van der Waals surface area (Å²) in [4.78, 5) is 15.4. The van der Waals surface area contributed by atoms with Crippen molar-refractivity contribution in [1.29, 1.82) is 0 Å². The average molecular weight is 343 g/mol. The summed E-state index contributed by atoms with van der Waals surface area (Å²) in [6, 6.07) is 5.44. The van der Waals surface area contributed by atoms with Crippen LogP contribution in [0.4, 0.5) is 0 Å². The molecule has 0 unspecified atom stereocenters. The number of fused-ring (bicyclic) bond motifs is 3. The van der Waals surface area contributed by atoms with Gasteiger partial charge in [-0.3, -0.25) is 9.20 Å². The van der Waals surface area contributed by atoms with E-state index in [2.05, 4.69) is 20.9 Å². The van der Waals surface area contributed by atoms with Crippen LogP contribution in [0.15, 0.2) is 22.8 Å². The summed E-state index contributed by atoms with van der Waals surface area (Å²) in [6.45, 7) is 0. The number of benzene rings is 1. The molecule has 0 aliphatic carbocycles. The smallest absolute Gasteiger partial charge is 0.309 e. The molecule has 0 spiro atoms. The van der Waals surface area contributed by atoms with Crippen molar-refractivity contribution in [2.75, 3.05) is 0 Å². The van der Waals surface area contributed by atoms with Crippen molar-refractivity contribution < 1.29 is 9.90 Å². The number of rotatable bonds is 2. The van der Waals surface area contributed by atoms with Crippen LogP contribution < -0.4 is 0 Å². The van der Waals surface area contributed by atoms with E-state index in [1.807, 2.05) is 10.5 Å². The van der Waals surface area contributed by atoms with Gasteiger partial charge in [0, 0.05) is 12.1 Å². The molecule has 0 saturated heterocycles. The van der Waals surface area contributed by atoms with Crippen molar-refractivity contribution in [3.8, 4) is 0 Å². The summed E-state index contributed by atoms with van der Waals surface area (Å²) in [6.07, 6.45) is -0.0600. The lowest BCUT2D eigenvalue weighted by Crippen LogP contribution is -2.05. The van der Waals surface area contributed by atoms with Crippen LogP contribution >= 0.6 is 27.5 Å². The Bertz CT molecular complexity index is 821. The lowest BCUT2D eigenvalue weighted by atomic mass is 10.3. The number of aryl methyl sites for hydroxylation is 1. The number of aromatic nitrogens is 3. The number of carboxylic acids is 1. The zero-order valence-corrected chi connectivity index (χ0v) is 12.2. The third-order valence-electron chi connectivity index (χ3n) is 3.06. The second kappa shape index (κ2) is 4.25. The van der Waals surface area contributed by atoms with Crippen molar-refractivity contribution in [1.82, 2.24) is 14.0 Å². The van der Waals surface area contributed by atoms with Gasteiger partial charge in [0.2, 0.25) is 5.78 Å². The Morgan fingerprint density at radius 1 is 1.53 bits per heavy atom. The number of nitrogens with zero attached hydrogens (tertiary/aromatic N) is 3. The minimum atomic E-state index is -0.878. The summed E-state index contributed by atoms with van der Waals surface area (Å²) in [7, 11) is 1.80. The lowest BCUT2D eigenvalue weighted by molar-refractivity contribution is -0.136. The highest BCUT2D eigenvalue weighted by Crippen LogP contribution is 2.28. The first-order chi connectivity index (χ1) is 8.99. The van der Waals surface area contributed by atoms with Crippen LogP contribution in [0.3, 0.4) is 0 Å². The molecule has 0 aliphatic heterocycles. The maximum Gasteiger partial charge on any atom is 0.309 e. The maximum atomic E-state index is 10.9. The van der Waals surface area contributed by atoms with Crippen LogP contribution in [0.2, 0.25) is 5.02 Å². The number of hydrogen-bond donors (Lipinski definition) is 1. The predicted molar refractivity (Wildman–Crippen MR) is 75.7 cm³/mol. The van der Waals surface area contributed by atoms with Crippen molar-refractivity contribution in [3.05, 3.63) is 33.5 Å². The van der Waals surface area contributed by atoms with Crippen LogP contribution in [0.1, 0.15) is 5.69 Å². The zero-order valence-electron chi connectivity index (χ0n) is 9.89. The van der Waals surface area contributed by atoms with Crippen LogP contribution in [-0.2, 0) is 18.3 Å². The molecule has 5 nitrogen and oxygen atoms in total. The van der Waals surface area contributed by atoms with Gasteiger partial charge in [0.15, 0.2) is 0 Å². The standard InChI is InChI=1S/C12H9BrClN3O2/c1-16-9(5-10(18)19)11(13)17-8-3-2-6(14)4-7(8)15-12(16)17/h2-4H,5H2,1H3,(H,18,19). The minimum Gasteiger partial charge on any atom is -0.481 e. The highest BCUT2D eigenvalue weighted by molar-refractivity contribution is 9.10. The monoisotopic (exact) mass is 341 g/mol. The SMILES string of the molecule is Cn1c(CC(=O)O)c(Br)n2c3ccc(Cl)cc3nc12. The van der Waals surface area contributed by atoms with Gasteiger partial charge in [-0.25, -0.2) is 4.98 Å². The van der Waals surface area contributed by atoms with Gasteiger partial charge < -0.3 is 9.67 Å². The van der Waals surface area contributed by atoms with Crippen molar-refractivity contribution >= 4 is 50.3 Å². The molecule has 0 atom stereocenters. The summed E-state index contributed by atoms with van der Waals surface area (Å²) in [5, 5.41) is 9.57. The van der Waals surface area contributed by atoms with E-state index in [0.29, 0.717) is 21.1 Å². The number of carbonyl (C=O) groups is 1. The Kier molecular flexibility index (Phi) is 2.79. The predicted octanol–water partition coefficient (Wildman–Crippen LogP) is 2.87. The molecule has 2 aromatic heterocycles. The van der Waals surface area contributed by atoms with Crippen molar-refractivity contribution in [2.45, 2.75) is 6.42 Å². The van der Waals surface area contributed by atoms with Gasteiger partial charge in [0.1, 0.15) is 4.60 Å². The maximum absolute atomic E-state index is 10.9. The first-order valence-electron chi connectivity index (χ1n) is 5.51. The van der Waals surface area contributed by atoms with Gasteiger partial charge in [-0.2, -0.15) is 0 Å². The van der Waals surface area contributed by atoms with Gasteiger partial charge in [-0.15, -0.1) is 0 Å². The second-order valence-electron chi connectivity index (χ2n) is 4.25. The fourth-order valence-corrected chi connectivity index (χ4v) is 3.10. The fraction of sp³-hybridized carbons (Fsp3) is 0.167. The Morgan fingerprint density at radius 3 is 2.95 bits per heavy atom. The van der Waals surface area contributed by atoms with Crippen LogP contribution in [-0.4, -0.2) is 25.0 Å². The second-order valence-corrected chi connectivity index (χ2v) is 5.43. The van der Waals surface area contributed by atoms with E-state index in [9.17, 15) is 4.79 Å². The molecule has 1 aromatic carbocycles. The van der Waals surface area contributed by atoms with Gasteiger partial charge in [0.05, 0.1) is 23.1 Å². The molecule has 0 amide bonds. The van der Waals surface area contributed by atoms with E-state index in [-0.39, 0.29) is 6.42 Å². The van der Waals surface area contributed by atoms with Crippen LogP contribution in [0, 0.1) is 0 Å². The Morgan fingerprint density at radius 2 is 2.26 bits per heavy atom. The molecule has 3 rings (SSSR count). The van der Waals surface area contributed by atoms with E-state index in [4.69, 9.17) is 16.7 Å². The highest BCUT2D eigenvalue weighted by atomic mass is 79.9. The largest absolute Gasteiger partial charge is 0.481 e. The normalized spacial score (nSPS) is 11.5. The Labute approximate surface area is 121 Å². The fourth-order valence-electron chi connectivity index (χ4n) is 2.18. The number of halogens is 2. The van der Waals surface area contributed by atoms with Crippen LogP contribution in [0.25, 0.3) is 16.8 Å². The van der Waals surface area contributed by atoms with Crippen LogP contribution in [0.5, 0.6) is 0 Å². The third-order valence-corrected chi connectivity index (χ3v) is 4.10. The third kappa shape index (κ3) is 1.82. The molecule has 0 bridgehead atoms. The average Bonchev–Trinajstić information content (AvgIpc) is 2.80. The first-order valence-corrected chi connectivity index (χ1v) is 6.68. The van der Waals surface area contributed by atoms with Crippen molar-refractivity contribution in [3.63, 3.8) is 0 Å². The van der Waals surface area contributed by atoms with Gasteiger partial charge in [-0.05, 0) is 34.1 Å². The Balaban J connectivity index is 2.37. The van der Waals surface area contributed by atoms with Crippen molar-refractivity contribution in [2.24, 2.45) is 7.05 Å². The molecular weight excluding hydrogens is 334 g/mol. The van der Waals surface area contributed by atoms with E-state index >= 15 is 0 Å². The molecule has 7 heteroatoms. The highest BCUT2D eigenvalue weighted by Gasteiger charge is 2.19. The number of aliphatic carboxylic acids is 1. The molecular formula is C12H9BrClN3O2. The summed E-state index contributed by atoms with van der Waals surface area (Å²) >= 11 is 9.40. The Hall–Kier alpha value is -1.53. The molecule has 0 saturated carbocycles.